The highest BCUT2D eigenvalue weighted by molar-refractivity contribution is 8.00. The molecular formula is C19H28N2O3SSi. The third-order valence-corrected chi connectivity index (χ3v) is 11.1. The van der Waals surface area contributed by atoms with Crippen molar-refractivity contribution in [1.29, 1.82) is 0 Å². The maximum absolute atomic E-state index is 11.1. The summed E-state index contributed by atoms with van der Waals surface area (Å²) in [6, 6.07) is 5.77. The summed E-state index contributed by atoms with van der Waals surface area (Å²) in [6.45, 7) is 11.2. The van der Waals surface area contributed by atoms with E-state index in [1.165, 1.54) is 5.56 Å². The van der Waals surface area contributed by atoms with Gasteiger partial charge in [-0.3, -0.25) is 10.1 Å². The van der Waals surface area contributed by atoms with Gasteiger partial charge in [0.2, 0.25) is 8.32 Å². The molecule has 1 fully saturated rings. The van der Waals surface area contributed by atoms with Crippen LogP contribution in [0.3, 0.4) is 0 Å². The van der Waals surface area contributed by atoms with Gasteiger partial charge in [-0.15, -0.1) is 11.8 Å². The normalized spacial score (nSPS) is 21.3. The maximum Gasteiger partial charge on any atom is 0.321 e. The Morgan fingerprint density at radius 2 is 2.12 bits per heavy atom. The summed E-state index contributed by atoms with van der Waals surface area (Å²) in [7, 11) is -1.88. The zero-order valence-corrected chi connectivity index (χ0v) is 17.9. The van der Waals surface area contributed by atoms with E-state index >= 15 is 0 Å². The number of carbonyl (C=O) groups is 1. The van der Waals surface area contributed by atoms with E-state index in [9.17, 15) is 4.79 Å². The number of rotatable bonds is 5. The van der Waals surface area contributed by atoms with Gasteiger partial charge in [0.05, 0.1) is 5.37 Å². The summed E-state index contributed by atoms with van der Waals surface area (Å²) < 4.78 is 6.44. The van der Waals surface area contributed by atoms with Crippen molar-refractivity contribution in [3.05, 3.63) is 30.0 Å². The highest BCUT2D eigenvalue weighted by Crippen LogP contribution is 2.38. The number of benzene rings is 1. The van der Waals surface area contributed by atoms with Crippen molar-refractivity contribution in [2.45, 2.75) is 56.7 Å². The molecule has 0 saturated carbocycles. The lowest BCUT2D eigenvalue weighted by atomic mass is 10.1. The Kier molecular flexibility index (Phi) is 5.16. The minimum absolute atomic E-state index is 0.125. The summed E-state index contributed by atoms with van der Waals surface area (Å²) in [5.41, 5.74) is 2.28. The molecule has 1 aliphatic rings. The van der Waals surface area contributed by atoms with Gasteiger partial charge in [0.25, 0.3) is 0 Å². The van der Waals surface area contributed by atoms with Crippen LogP contribution >= 0.6 is 11.8 Å². The Morgan fingerprint density at radius 3 is 2.73 bits per heavy atom. The summed E-state index contributed by atoms with van der Waals surface area (Å²) in [4.78, 5) is 14.4. The molecule has 26 heavy (non-hydrogen) atoms. The second kappa shape index (κ2) is 6.94. The first kappa shape index (κ1) is 19.3. The average Bonchev–Trinajstić information content (AvgIpc) is 3.14. The summed E-state index contributed by atoms with van der Waals surface area (Å²) in [5, 5.41) is 13.8. The van der Waals surface area contributed by atoms with Gasteiger partial charge in [0, 0.05) is 22.9 Å². The predicted octanol–water partition coefficient (Wildman–Crippen LogP) is 4.21. The first-order valence-electron chi connectivity index (χ1n) is 8.96. The Balaban J connectivity index is 1.80. The topological polar surface area (TPSA) is 74.3 Å². The molecular weight excluding hydrogens is 364 g/mol. The molecule has 5 nitrogen and oxygen atoms in total. The number of hydrogen-bond acceptors (Lipinski definition) is 4. The summed E-state index contributed by atoms with van der Waals surface area (Å²) in [6.07, 6.45) is 2.81. The van der Waals surface area contributed by atoms with Crippen LogP contribution in [0.25, 0.3) is 10.9 Å². The molecule has 1 unspecified atom stereocenters. The lowest BCUT2D eigenvalue weighted by molar-refractivity contribution is -0.138. The molecule has 0 amide bonds. The van der Waals surface area contributed by atoms with Crippen molar-refractivity contribution in [3.8, 4) is 5.75 Å². The molecule has 1 aromatic carbocycles. The zero-order chi connectivity index (χ0) is 19.1. The first-order valence-corrected chi connectivity index (χ1v) is 12.9. The maximum atomic E-state index is 11.1. The highest BCUT2D eigenvalue weighted by Gasteiger charge is 2.39. The van der Waals surface area contributed by atoms with Crippen LogP contribution in [0.5, 0.6) is 5.75 Å². The number of H-pyrrole nitrogens is 1. The van der Waals surface area contributed by atoms with Gasteiger partial charge in [-0.1, -0.05) is 20.8 Å². The molecule has 0 bridgehead atoms. The quantitative estimate of drug-likeness (QED) is 0.665. The minimum atomic E-state index is -1.88. The predicted molar refractivity (Wildman–Crippen MR) is 111 cm³/mol. The Bertz CT molecular complexity index is 813. The largest absolute Gasteiger partial charge is 0.543 e. The van der Waals surface area contributed by atoms with Crippen molar-refractivity contribution >= 4 is 37.0 Å². The number of fused-ring (bicyclic) bond motifs is 1. The van der Waals surface area contributed by atoms with Crippen LogP contribution < -0.4 is 9.74 Å². The number of aromatic nitrogens is 1. The van der Waals surface area contributed by atoms with Gasteiger partial charge in [0.15, 0.2) is 0 Å². The number of hydrogen-bond donors (Lipinski definition) is 3. The average molecular weight is 393 g/mol. The molecule has 7 heteroatoms. The van der Waals surface area contributed by atoms with Gasteiger partial charge in [-0.2, -0.15) is 0 Å². The van der Waals surface area contributed by atoms with Gasteiger partial charge < -0.3 is 14.5 Å². The molecule has 0 spiro atoms. The molecule has 2 heterocycles. The molecule has 3 N–H and O–H groups in total. The van der Waals surface area contributed by atoms with E-state index in [-0.39, 0.29) is 10.4 Å². The zero-order valence-electron chi connectivity index (χ0n) is 16.1. The minimum Gasteiger partial charge on any atom is -0.543 e. The molecule has 0 radical (unpaired) electrons. The smallest absolute Gasteiger partial charge is 0.321 e. The van der Waals surface area contributed by atoms with E-state index in [0.29, 0.717) is 5.75 Å². The van der Waals surface area contributed by atoms with Gasteiger partial charge in [0.1, 0.15) is 11.8 Å². The molecule has 3 rings (SSSR count). The molecule has 1 aliphatic heterocycles. The second-order valence-electron chi connectivity index (χ2n) is 8.47. The van der Waals surface area contributed by atoms with E-state index in [0.717, 1.165) is 23.1 Å². The number of nitrogens with one attached hydrogen (secondary N) is 2. The molecule has 142 valence electrons. The number of carboxylic acid groups (broad SMARTS) is 1. The van der Waals surface area contributed by atoms with Gasteiger partial charge >= 0.3 is 5.97 Å². The van der Waals surface area contributed by atoms with Crippen LogP contribution in [0.2, 0.25) is 18.1 Å². The van der Waals surface area contributed by atoms with Crippen LogP contribution in [0.1, 0.15) is 26.3 Å². The van der Waals surface area contributed by atoms with E-state index in [1.54, 1.807) is 11.8 Å². The lowest BCUT2D eigenvalue weighted by Crippen LogP contribution is -2.43. The fourth-order valence-electron chi connectivity index (χ4n) is 2.83. The van der Waals surface area contributed by atoms with E-state index in [1.807, 2.05) is 12.3 Å². The summed E-state index contributed by atoms with van der Waals surface area (Å²) in [5.74, 6) is 0.756. The highest BCUT2D eigenvalue weighted by atomic mass is 32.2. The van der Waals surface area contributed by atoms with Crippen LogP contribution in [-0.2, 0) is 11.2 Å². The molecule has 1 aromatic heterocycles. The molecule has 2 atom stereocenters. The van der Waals surface area contributed by atoms with Crippen molar-refractivity contribution in [2.24, 2.45) is 0 Å². The SMILES string of the molecule is CC(C)(C)[Si](C)(C)Oc1ccc2[nH]cc(CC3N[C@H](C(=O)O)CS3)c2c1. The van der Waals surface area contributed by atoms with E-state index < -0.39 is 20.3 Å². The van der Waals surface area contributed by atoms with E-state index in [2.05, 4.69) is 56.3 Å². The number of carboxylic acids is 1. The Labute approximate surface area is 160 Å². The van der Waals surface area contributed by atoms with Crippen LogP contribution in [-0.4, -0.2) is 41.5 Å². The third kappa shape index (κ3) is 3.94. The standard InChI is InChI=1S/C19H28N2O3SSi/c1-19(2,3)26(4,5)24-13-6-7-15-14(9-13)12(10-20-15)8-17-21-16(11-25-17)18(22)23/h6-7,9-10,16-17,20-21H,8,11H2,1-5H3,(H,22,23)/t16-,17?/m0/s1. The third-order valence-electron chi connectivity index (χ3n) is 5.47. The van der Waals surface area contributed by atoms with Crippen LogP contribution in [0.4, 0.5) is 0 Å². The summed E-state index contributed by atoms with van der Waals surface area (Å²) >= 11 is 1.67. The lowest BCUT2D eigenvalue weighted by Gasteiger charge is -2.36. The molecule has 0 aliphatic carbocycles. The first-order chi connectivity index (χ1) is 12.1. The van der Waals surface area contributed by atoms with Crippen molar-refractivity contribution in [3.63, 3.8) is 0 Å². The van der Waals surface area contributed by atoms with Crippen LogP contribution in [0, 0.1) is 0 Å². The van der Waals surface area contributed by atoms with Crippen molar-refractivity contribution < 1.29 is 14.3 Å². The Morgan fingerprint density at radius 1 is 1.38 bits per heavy atom. The van der Waals surface area contributed by atoms with Gasteiger partial charge in [-0.05, 0) is 48.3 Å². The molecule has 2 aromatic rings. The van der Waals surface area contributed by atoms with E-state index in [4.69, 9.17) is 9.53 Å². The monoisotopic (exact) mass is 392 g/mol. The van der Waals surface area contributed by atoms with Crippen molar-refractivity contribution in [2.75, 3.05) is 5.75 Å². The fraction of sp³-hybridized carbons (Fsp3) is 0.526. The van der Waals surface area contributed by atoms with Gasteiger partial charge in [-0.25, -0.2) is 0 Å². The fourth-order valence-corrected chi connectivity index (χ4v) is 5.07. The molecule has 1 saturated heterocycles. The second-order valence-corrected chi connectivity index (χ2v) is 14.4. The Hall–Kier alpha value is -1.44. The number of aromatic amines is 1. The number of aliphatic carboxylic acids is 1. The van der Waals surface area contributed by atoms with Crippen molar-refractivity contribution in [1.82, 2.24) is 10.3 Å². The number of thioether (sulfide) groups is 1. The van der Waals surface area contributed by atoms with Crippen LogP contribution in [0.15, 0.2) is 24.4 Å².